The Bertz CT molecular complexity index is 327. The maximum atomic E-state index is 6.29. The highest BCUT2D eigenvalue weighted by atomic mass is 32.2. The first-order chi connectivity index (χ1) is 8.29. The minimum Gasteiger partial charge on any atom is -0.324 e. The van der Waals surface area contributed by atoms with Gasteiger partial charge in [-0.2, -0.15) is 0 Å². The van der Waals surface area contributed by atoms with E-state index in [1.54, 1.807) is 0 Å². The number of rotatable bonds is 5. The third kappa shape index (κ3) is 3.75. The van der Waals surface area contributed by atoms with Crippen molar-refractivity contribution in [3.8, 4) is 0 Å². The van der Waals surface area contributed by atoms with Gasteiger partial charge in [0.25, 0.3) is 0 Å². The zero-order valence-electron chi connectivity index (χ0n) is 10.7. The zero-order valence-corrected chi connectivity index (χ0v) is 11.5. The van der Waals surface area contributed by atoms with Crippen molar-refractivity contribution in [2.24, 2.45) is 11.7 Å². The first-order valence-corrected chi connectivity index (χ1v) is 7.76. The quantitative estimate of drug-likeness (QED) is 0.784. The Hall–Kier alpha value is -0.470. The van der Waals surface area contributed by atoms with Crippen LogP contribution in [-0.2, 0) is 0 Å². The van der Waals surface area contributed by atoms with Crippen LogP contribution in [-0.4, -0.2) is 5.75 Å². The maximum absolute atomic E-state index is 6.29. The molecule has 1 atom stereocenters. The second kappa shape index (κ2) is 6.46. The Morgan fingerprint density at radius 3 is 2.47 bits per heavy atom. The normalized spacial score (nSPS) is 18.5. The van der Waals surface area contributed by atoms with Gasteiger partial charge in [0.15, 0.2) is 0 Å². The molecule has 0 heterocycles. The number of thioether (sulfide) groups is 1. The molecule has 2 heteroatoms. The first-order valence-electron chi connectivity index (χ1n) is 6.78. The summed E-state index contributed by atoms with van der Waals surface area (Å²) >= 11 is 1.89. The van der Waals surface area contributed by atoms with Crippen molar-refractivity contribution in [1.82, 2.24) is 0 Å². The van der Waals surface area contributed by atoms with Crippen molar-refractivity contribution in [3.63, 3.8) is 0 Å². The van der Waals surface area contributed by atoms with Gasteiger partial charge in [0, 0.05) is 10.9 Å². The van der Waals surface area contributed by atoms with Crippen LogP contribution in [0.2, 0.25) is 0 Å². The van der Waals surface area contributed by atoms with E-state index in [4.69, 9.17) is 5.73 Å². The molecule has 0 bridgehead atoms. The smallest absolute Gasteiger partial charge is 0.0297 e. The van der Waals surface area contributed by atoms with Crippen LogP contribution >= 0.6 is 11.8 Å². The Morgan fingerprint density at radius 2 is 1.88 bits per heavy atom. The lowest BCUT2D eigenvalue weighted by molar-refractivity contribution is 0.451. The van der Waals surface area contributed by atoms with Crippen molar-refractivity contribution < 1.29 is 0 Å². The van der Waals surface area contributed by atoms with E-state index in [1.807, 2.05) is 11.8 Å². The highest BCUT2D eigenvalue weighted by Crippen LogP contribution is 2.32. The SMILES string of the molecule is CCSc1ccc(C(N)CC2CCCC2)cc1. The van der Waals surface area contributed by atoms with E-state index in [0.717, 1.165) is 11.7 Å². The van der Waals surface area contributed by atoms with E-state index >= 15 is 0 Å². The van der Waals surface area contributed by atoms with Gasteiger partial charge in [-0.3, -0.25) is 0 Å². The fraction of sp³-hybridized carbons (Fsp3) is 0.600. The topological polar surface area (TPSA) is 26.0 Å². The molecule has 1 nitrogen and oxygen atoms in total. The third-order valence-electron chi connectivity index (χ3n) is 3.68. The molecule has 94 valence electrons. The van der Waals surface area contributed by atoms with Crippen molar-refractivity contribution in [3.05, 3.63) is 29.8 Å². The summed E-state index contributed by atoms with van der Waals surface area (Å²) in [6.07, 6.45) is 6.75. The molecule has 1 aliphatic carbocycles. The van der Waals surface area contributed by atoms with Gasteiger partial charge in [-0.15, -0.1) is 11.8 Å². The molecule has 0 saturated heterocycles. The maximum Gasteiger partial charge on any atom is 0.0297 e. The van der Waals surface area contributed by atoms with Crippen LogP contribution in [0.15, 0.2) is 29.2 Å². The third-order valence-corrected chi connectivity index (χ3v) is 4.58. The van der Waals surface area contributed by atoms with Gasteiger partial charge < -0.3 is 5.73 Å². The summed E-state index contributed by atoms with van der Waals surface area (Å²) in [6, 6.07) is 9.06. The average Bonchev–Trinajstić information content (AvgIpc) is 2.83. The second-order valence-electron chi connectivity index (χ2n) is 4.99. The van der Waals surface area contributed by atoms with Crippen molar-refractivity contribution in [2.75, 3.05) is 5.75 Å². The lowest BCUT2D eigenvalue weighted by Crippen LogP contribution is -2.14. The van der Waals surface area contributed by atoms with Gasteiger partial charge in [-0.05, 0) is 35.8 Å². The standard InChI is InChI=1S/C15H23NS/c1-2-17-14-9-7-13(8-10-14)15(16)11-12-5-3-4-6-12/h7-10,12,15H,2-6,11,16H2,1H3. The van der Waals surface area contributed by atoms with Gasteiger partial charge >= 0.3 is 0 Å². The Kier molecular flexibility index (Phi) is 4.93. The number of hydrogen-bond donors (Lipinski definition) is 1. The monoisotopic (exact) mass is 249 g/mol. The molecule has 1 saturated carbocycles. The summed E-state index contributed by atoms with van der Waals surface area (Å²) in [5, 5.41) is 0. The summed E-state index contributed by atoms with van der Waals surface area (Å²) in [6.45, 7) is 2.18. The number of hydrogen-bond acceptors (Lipinski definition) is 2. The van der Waals surface area contributed by atoms with Crippen LogP contribution in [0.4, 0.5) is 0 Å². The lowest BCUT2D eigenvalue weighted by Gasteiger charge is -2.16. The van der Waals surface area contributed by atoms with Crippen molar-refractivity contribution in [2.45, 2.75) is 50.0 Å². The van der Waals surface area contributed by atoms with E-state index < -0.39 is 0 Å². The molecule has 2 rings (SSSR count). The molecule has 0 radical (unpaired) electrons. The van der Waals surface area contributed by atoms with Crippen LogP contribution in [0.5, 0.6) is 0 Å². The van der Waals surface area contributed by atoms with E-state index in [9.17, 15) is 0 Å². The van der Waals surface area contributed by atoms with Gasteiger partial charge in [0.05, 0.1) is 0 Å². The van der Waals surface area contributed by atoms with E-state index in [0.29, 0.717) is 0 Å². The van der Waals surface area contributed by atoms with Crippen molar-refractivity contribution in [1.29, 1.82) is 0 Å². The molecule has 1 aromatic rings. The summed E-state index contributed by atoms with van der Waals surface area (Å²) < 4.78 is 0. The van der Waals surface area contributed by atoms with Gasteiger partial charge in [-0.25, -0.2) is 0 Å². The predicted octanol–water partition coefficient (Wildman–Crippen LogP) is 4.38. The van der Waals surface area contributed by atoms with Crippen molar-refractivity contribution >= 4 is 11.8 Å². The zero-order chi connectivity index (χ0) is 12.1. The summed E-state index contributed by atoms with van der Waals surface area (Å²) in [7, 11) is 0. The lowest BCUT2D eigenvalue weighted by atomic mass is 9.94. The van der Waals surface area contributed by atoms with Gasteiger partial charge in [0.2, 0.25) is 0 Å². The van der Waals surface area contributed by atoms with Crippen LogP contribution in [0, 0.1) is 5.92 Å². The van der Waals surface area contributed by atoms with Gasteiger partial charge in [0.1, 0.15) is 0 Å². The first kappa shape index (κ1) is 13.0. The minimum atomic E-state index is 0.235. The second-order valence-corrected chi connectivity index (χ2v) is 6.33. The molecule has 0 amide bonds. The number of benzene rings is 1. The van der Waals surface area contributed by atoms with Crippen LogP contribution in [0.1, 0.15) is 50.6 Å². The number of nitrogens with two attached hydrogens (primary N) is 1. The van der Waals surface area contributed by atoms with Crippen LogP contribution < -0.4 is 5.73 Å². The molecular weight excluding hydrogens is 226 g/mol. The molecule has 0 spiro atoms. The predicted molar refractivity (Wildman–Crippen MR) is 76.3 cm³/mol. The molecule has 0 aliphatic heterocycles. The van der Waals surface area contributed by atoms with Gasteiger partial charge in [-0.1, -0.05) is 44.7 Å². The van der Waals surface area contributed by atoms with E-state index in [1.165, 1.54) is 42.6 Å². The Morgan fingerprint density at radius 1 is 1.24 bits per heavy atom. The van der Waals surface area contributed by atoms with E-state index in [2.05, 4.69) is 31.2 Å². The molecular formula is C15H23NS. The van der Waals surface area contributed by atoms with Crippen LogP contribution in [0.3, 0.4) is 0 Å². The largest absolute Gasteiger partial charge is 0.324 e. The Balaban J connectivity index is 1.91. The highest BCUT2D eigenvalue weighted by Gasteiger charge is 2.18. The average molecular weight is 249 g/mol. The molecule has 0 aromatic heterocycles. The van der Waals surface area contributed by atoms with Crippen LogP contribution in [0.25, 0.3) is 0 Å². The summed E-state index contributed by atoms with van der Waals surface area (Å²) in [4.78, 5) is 1.35. The fourth-order valence-corrected chi connectivity index (χ4v) is 3.38. The minimum absolute atomic E-state index is 0.235. The molecule has 1 aliphatic rings. The van der Waals surface area contributed by atoms with E-state index in [-0.39, 0.29) is 6.04 Å². The summed E-state index contributed by atoms with van der Waals surface area (Å²) in [5.41, 5.74) is 7.60. The molecule has 1 aromatic carbocycles. The fourth-order valence-electron chi connectivity index (χ4n) is 2.72. The molecule has 1 fully saturated rings. The molecule has 2 N–H and O–H groups in total. The summed E-state index contributed by atoms with van der Waals surface area (Å²) in [5.74, 6) is 2.00. The Labute approximate surface area is 109 Å². The highest BCUT2D eigenvalue weighted by molar-refractivity contribution is 7.99. The molecule has 17 heavy (non-hydrogen) atoms. The molecule has 1 unspecified atom stereocenters.